The van der Waals surface area contributed by atoms with Gasteiger partial charge in [-0.05, 0) is 27.9 Å². The van der Waals surface area contributed by atoms with Crippen LogP contribution in [0.15, 0.2) is 0 Å². The minimum Gasteiger partial charge on any atom is -0.332 e. The van der Waals surface area contributed by atoms with Crippen LogP contribution in [0, 0.1) is 26.9 Å². The van der Waals surface area contributed by atoms with Crippen molar-refractivity contribution in [3.8, 4) is 0 Å². The van der Waals surface area contributed by atoms with Crippen LogP contribution in [-0.2, 0) is 14.6 Å². The predicted octanol–water partition coefficient (Wildman–Crippen LogP) is -0.217. The quantitative estimate of drug-likeness (QED) is 0.623. The molecule has 0 heterocycles. The lowest BCUT2D eigenvalue weighted by atomic mass is 10.5. The van der Waals surface area contributed by atoms with Crippen LogP contribution in [0.3, 0.4) is 0 Å². The smallest absolute Gasteiger partial charge is 0.238 e. The van der Waals surface area contributed by atoms with E-state index in [0.29, 0.717) is 6.54 Å². The first-order chi connectivity index (χ1) is 7.32. The lowest BCUT2D eigenvalue weighted by Gasteiger charge is -2.17. The normalized spacial score (nSPS) is 11.8. The topological polar surface area (TPSA) is 57.7 Å². The van der Waals surface area contributed by atoms with E-state index in [4.69, 9.17) is 0 Å². The zero-order valence-electron chi connectivity index (χ0n) is 9.72. The molecule has 6 heteroatoms. The largest absolute Gasteiger partial charge is 0.332 e. The summed E-state index contributed by atoms with van der Waals surface area (Å²) in [7, 11) is 0.180. The lowest BCUT2D eigenvalue weighted by molar-refractivity contribution is -0.125. The van der Waals surface area contributed by atoms with Gasteiger partial charge in [0.15, 0.2) is 9.84 Å². The highest BCUT2D eigenvalue weighted by molar-refractivity contribution is 7.92. The number of rotatable bonds is 7. The van der Waals surface area contributed by atoms with Crippen molar-refractivity contribution in [3.63, 3.8) is 0 Å². The van der Waals surface area contributed by atoms with Crippen molar-refractivity contribution in [3.05, 3.63) is 26.9 Å². The van der Waals surface area contributed by atoms with Crippen LogP contribution in [0.2, 0.25) is 0 Å². The summed E-state index contributed by atoms with van der Waals surface area (Å²) < 4.78 is 23.1. The van der Waals surface area contributed by atoms with E-state index in [1.165, 1.54) is 13.1 Å². The molecule has 0 unspecified atom stereocenters. The van der Waals surface area contributed by atoms with E-state index in [1.54, 1.807) is 19.0 Å². The first-order valence-corrected chi connectivity index (χ1v) is 6.56. The lowest BCUT2D eigenvalue weighted by Crippen LogP contribution is -2.33. The molecule has 16 heavy (non-hydrogen) atoms. The SMILES string of the molecule is [CH2][CH]N([CH][CH2])C(=O)CS(=O)(=O)CCN(C)C. The molecule has 0 aromatic rings. The molecule has 0 fully saturated rings. The Balaban J connectivity index is 4.30. The van der Waals surface area contributed by atoms with Gasteiger partial charge in [-0.1, -0.05) is 0 Å². The van der Waals surface area contributed by atoms with Crippen molar-refractivity contribution in [1.29, 1.82) is 0 Å². The van der Waals surface area contributed by atoms with Crippen molar-refractivity contribution in [2.75, 3.05) is 32.1 Å². The van der Waals surface area contributed by atoms with Crippen LogP contribution < -0.4 is 0 Å². The van der Waals surface area contributed by atoms with E-state index in [2.05, 4.69) is 13.8 Å². The van der Waals surface area contributed by atoms with Gasteiger partial charge in [0.2, 0.25) is 5.91 Å². The van der Waals surface area contributed by atoms with Crippen molar-refractivity contribution in [2.45, 2.75) is 0 Å². The molecule has 0 saturated carbocycles. The summed E-state index contributed by atoms with van der Waals surface area (Å²) in [5.41, 5.74) is 0. The standard InChI is InChI=1S/C10H18N2O3S/c1-5-12(6-2)10(13)9-16(14,15)8-7-11(3)4/h5-6H,1-2,7-9H2,3-4H3. The Morgan fingerprint density at radius 1 is 1.25 bits per heavy atom. The monoisotopic (exact) mass is 246 g/mol. The zero-order valence-corrected chi connectivity index (χ0v) is 10.5. The van der Waals surface area contributed by atoms with Crippen LogP contribution in [0.25, 0.3) is 0 Å². The second kappa shape index (κ2) is 6.85. The molecular weight excluding hydrogens is 228 g/mol. The second-order valence-electron chi connectivity index (χ2n) is 3.56. The Kier molecular flexibility index (Phi) is 6.59. The minimum absolute atomic E-state index is 0.0339. The molecule has 0 spiro atoms. The third-order valence-corrected chi connectivity index (χ3v) is 3.37. The highest BCUT2D eigenvalue weighted by Crippen LogP contribution is 2.01. The van der Waals surface area contributed by atoms with E-state index in [1.807, 2.05) is 0 Å². The molecule has 0 aromatic heterocycles. The number of hydrogen-bond donors (Lipinski definition) is 0. The summed E-state index contributed by atoms with van der Waals surface area (Å²) in [4.78, 5) is 14.3. The summed E-state index contributed by atoms with van der Waals surface area (Å²) >= 11 is 0. The van der Waals surface area contributed by atoms with E-state index >= 15 is 0 Å². The Hall–Kier alpha value is -0.620. The van der Waals surface area contributed by atoms with Gasteiger partial charge in [-0.15, -0.1) is 0 Å². The third kappa shape index (κ3) is 6.07. The average Bonchev–Trinajstić information content (AvgIpc) is 2.16. The third-order valence-electron chi connectivity index (χ3n) is 1.87. The molecule has 92 valence electrons. The van der Waals surface area contributed by atoms with Crippen LogP contribution in [0.4, 0.5) is 0 Å². The van der Waals surface area contributed by atoms with Crippen LogP contribution in [0.1, 0.15) is 0 Å². The van der Waals surface area contributed by atoms with E-state index in [0.717, 1.165) is 4.90 Å². The van der Waals surface area contributed by atoms with Gasteiger partial charge < -0.3 is 9.80 Å². The van der Waals surface area contributed by atoms with E-state index in [9.17, 15) is 13.2 Å². The minimum atomic E-state index is -3.37. The summed E-state index contributed by atoms with van der Waals surface area (Å²) in [6, 6.07) is 0. The number of nitrogens with zero attached hydrogens (tertiary/aromatic N) is 2. The first kappa shape index (κ1) is 15.4. The van der Waals surface area contributed by atoms with E-state index in [-0.39, 0.29) is 5.75 Å². The zero-order chi connectivity index (χ0) is 12.8. The Morgan fingerprint density at radius 3 is 2.12 bits per heavy atom. The maximum absolute atomic E-state index is 11.5. The molecule has 0 bridgehead atoms. The Bertz CT molecular complexity index is 308. The Morgan fingerprint density at radius 2 is 1.75 bits per heavy atom. The van der Waals surface area contributed by atoms with Crippen molar-refractivity contribution < 1.29 is 13.2 Å². The molecular formula is C10H18N2O3S. The summed E-state index contributed by atoms with van der Waals surface area (Å²) in [5.74, 6) is -1.09. The number of hydrogen-bond acceptors (Lipinski definition) is 4. The van der Waals surface area contributed by atoms with Gasteiger partial charge in [0.05, 0.1) is 18.8 Å². The van der Waals surface area contributed by atoms with Crippen molar-refractivity contribution >= 4 is 15.7 Å². The fraction of sp³-hybridized carbons (Fsp3) is 0.500. The van der Waals surface area contributed by atoms with Gasteiger partial charge in [-0.25, -0.2) is 8.42 Å². The van der Waals surface area contributed by atoms with Gasteiger partial charge in [0.25, 0.3) is 0 Å². The highest BCUT2D eigenvalue weighted by atomic mass is 32.2. The van der Waals surface area contributed by atoms with Gasteiger partial charge in [0, 0.05) is 6.54 Å². The molecule has 0 aliphatic heterocycles. The van der Waals surface area contributed by atoms with Crippen LogP contribution in [-0.4, -0.2) is 56.3 Å². The number of sulfone groups is 1. The molecule has 0 aromatic carbocycles. The molecule has 4 radical (unpaired) electrons. The maximum Gasteiger partial charge on any atom is 0.238 e. The fourth-order valence-electron chi connectivity index (χ4n) is 0.935. The molecule has 1 amide bonds. The number of carbonyl (C=O) groups is 1. The fourth-order valence-corrected chi connectivity index (χ4v) is 2.25. The van der Waals surface area contributed by atoms with Gasteiger partial charge in [0.1, 0.15) is 5.75 Å². The molecule has 0 rings (SSSR count). The Labute approximate surface area is 98.3 Å². The molecule has 0 saturated heterocycles. The highest BCUT2D eigenvalue weighted by Gasteiger charge is 2.20. The molecule has 5 nitrogen and oxygen atoms in total. The summed E-state index contributed by atoms with van der Waals surface area (Å²) in [5, 5.41) is 0. The second-order valence-corrected chi connectivity index (χ2v) is 5.75. The van der Waals surface area contributed by atoms with Crippen molar-refractivity contribution in [2.24, 2.45) is 0 Å². The molecule has 0 aliphatic carbocycles. The van der Waals surface area contributed by atoms with Gasteiger partial charge >= 0.3 is 0 Å². The number of carbonyl (C=O) groups excluding carboxylic acids is 1. The number of amides is 1. The first-order valence-electron chi connectivity index (χ1n) is 4.74. The predicted molar refractivity (Wildman–Crippen MR) is 63.4 cm³/mol. The van der Waals surface area contributed by atoms with Crippen LogP contribution in [0.5, 0.6) is 0 Å². The van der Waals surface area contributed by atoms with E-state index < -0.39 is 21.5 Å². The maximum atomic E-state index is 11.5. The summed E-state index contributed by atoms with van der Waals surface area (Å²) in [6.07, 6.45) is 0. The molecule has 0 aliphatic rings. The summed E-state index contributed by atoms with van der Waals surface area (Å²) in [6.45, 7) is 9.64. The molecule has 0 N–H and O–H groups in total. The van der Waals surface area contributed by atoms with Gasteiger partial charge in [-0.3, -0.25) is 4.79 Å². The van der Waals surface area contributed by atoms with Crippen molar-refractivity contribution in [1.82, 2.24) is 9.80 Å². The van der Waals surface area contributed by atoms with Crippen LogP contribution >= 0.6 is 0 Å². The van der Waals surface area contributed by atoms with Gasteiger partial charge in [-0.2, -0.15) is 0 Å². The molecule has 0 atom stereocenters. The average molecular weight is 246 g/mol.